The molecule has 2 atom stereocenters. The van der Waals surface area contributed by atoms with Crippen molar-refractivity contribution in [3.05, 3.63) is 96.4 Å². The molecule has 0 bridgehead atoms. The standard InChI is InChI=1S/C28H28FN7O/c1-19-5-2-3-7-25(19)36(27-32-16-13-24(35-27)21-6-4-14-30-17-21)28(37)34-22-10-8-20(9-11-22)26(29)33-23-12-15-31-18-23/h2-11,13-14,16-17,23,26,31,33H,12,15,18H2,1H3,(H,34,37). The number of carbonyl (C=O) groups is 1. The number of urea groups is 1. The number of rotatable bonds is 7. The average Bonchev–Trinajstić information content (AvgIpc) is 3.44. The molecule has 1 fully saturated rings. The number of alkyl halides is 1. The highest BCUT2D eigenvalue weighted by atomic mass is 19.1. The van der Waals surface area contributed by atoms with Crippen LogP contribution in [0.1, 0.15) is 23.8 Å². The maximum absolute atomic E-state index is 14.7. The van der Waals surface area contributed by atoms with Crippen molar-refractivity contribution in [3.8, 4) is 11.3 Å². The minimum absolute atomic E-state index is 0.111. The molecule has 0 radical (unpaired) electrons. The Hall–Kier alpha value is -4.21. The van der Waals surface area contributed by atoms with E-state index in [2.05, 4.69) is 30.9 Å². The van der Waals surface area contributed by atoms with E-state index in [1.54, 1.807) is 48.9 Å². The fraction of sp³-hybridized carbons (Fsp3) is 0.214. The Kier molecular flexibility index (Phi) is 7.43. The lowest BCUT2D eigenvalue weighted by atomic mass is 10.1. The highest BCUT2D eigenvalue weighted by Gasteiger charge is 2.24. The largest absolute Gasteiger partial charge is 0.333 e. The van der Waals surface area contributed by atoms with Crippen LogP contribution in [-0.4, -0.2) is 40.1 Å². The number of para-hydroxylation sites is 1. The minimum atomic E-state index is -1.28. The number of nitrogens with one attached hydrogen (secondary N) is 3. The zero-order valence-corrected chi connectivity index (χ0v) is 20.4. The second-order valence-electron chi connectivity index (χ2n) is 8.88. The van der Waals surface area contributed by atoms with Gasteiger partial charge in [-0.25, -0.2) is 24.1 Å². The molecule has 5 rings (SSSR count). The van der Waals surface area contributed by atoms with Gasteiger partial charge in [-0.15, -0.1) is 0 Å². The summed E-state index contributed by atoms with van der Waals surface area (Å²) in [6.07, 6.45) is 4.64. The van der Waals surface area contributed by atoms with Crippen LogP contribution in [0.5, 0.6) is 0 Å². The van der Waals surface area contributed by atoms with Crippen molar-refractivity contribution in [1.82, 2.24) is 25.6 Å². The second-order valence-corrected chi connectivity index (χ2v) is 8.88. The van der Waals surface area contributed by atoms with Gasteiger partial charge in [0, 0.05) is 48.0 Å². The minimum Gasteiger partial charge on any atom is -0.315 e. The molecule has 1 aliphatic rings. The van der Waals surface area contributed by atoms with Crippen molar-refractivity contribution < 1.29 is 9.18 Å². The summed E-state index contributed by atoms with van der Waals surface area (Å²) in [5.74, 6) is 0.225. The lowest BCUT2D eigenvalue weighted by Gasteiger charge is -2.23. The first-order valence-electron chi connectivity index (χ1n) is 12.2. The summed E-state index contributed by atoms with van der Waals surface area (Å²) in [6, 6.07) is 19.4. The first-order chi connectivity index (χ1) is 18.1. The van der Waals surface area contributed by atoms with Gasteiger partial charge in [-0.3, -0.25) is 10.3 Å². The molecule has 188 valence electrons. The number of amides is 2. The normalized spacial score (nSPS) is 15.8. The number of halogens is 1. The predicted octanol–water partition coefficient (Wildman–Crippen LogP) is 5.14. The van der Waals surface area contributed by atoms with Crippen LogP contribution in [0, 0.1) is 6.92 Å². The first-order valence-corrected chi connectivity index (χ1v) is 12.2. The van der Waals surface area contributed by atoms with Gasteiger partial charge in [0.2, 0.25) is 5.95 Å². The number of hydrogen-bond donors (Lipinski definition) is 3. The van der Waals surface area contributed by atoms with Gasteiger partial charge in [-0.2, -0.15) is 0 Å². The number of hydrogen-bond acceptors (Lipinski definition) is 6. The van der Waals surface area contributed by atoms with E-state index < -0.39 is 12.3 Å². The van der Waals surface area contributed by atoms with E-state index >= 15 is 0 Å². The van der Waals surface area contributed by atoms with E-state index in [4.69, 9.17) is 0 Å². The quantitative estimate of drug-likeness (QED) is 0.306. The van der Waals surface area contributed by atoms with Crippen molar-refractivity contribution in [1.29, 1.82) is 0 Å². The monoisotopic (exact) mass is 497 g/mol. The van der Waals surface area contributed by atoms with E-state index in [0.29, 0.717) is 22.6 Å². The first kappa shape index (κ1) is 24.5. The molecule has 8 nitrogen and oxygen atoms in total. The summed E-state index contributed by atoms with van der Waals surface area (Å²) in [7, 11) is 0. The van der Waals surface area contributed by atoms with E-state index in [1.165, 1.54) is 4.90 Å². The fourth-order valence-electron chi connectivity index (χ4n) is 4.27. The molecule has 37 heavy (non-hydrogen) atoms. The Labute approximate surface area is 215 Å². The topological polar surface area (TPSA) is 95.1 Å². The maximum Gasteiger partial charge on any atom is 0.333 e. The molecule has 0 saturated carbocycles. The lowest BCUT2D eigenvalue weighted by molar-refractivity contribution is 0.255. The molecule has 2 aromatic heterocycles. The van der Waals surface area contributed by atoms with Crippen LogP contribution in [0.4, 0.5) is 26.5 Å². The highest BCUT2D eigenvalue weighted by molar-refractivity contribution is 6.06. The zero-order chi connectivity index (χ0) is 25.6. The molecule has 9 heteroatoms. The molecule has 1 saturated heterocycles. The molecule has 0 spiro atoms. The Morgan fingerprint density at radius 3 is 2.65 bits per heavy atom. The van der Waals surface area contributed by atoms with E-state index in [0.717, 1.165) is 30.6 Å². The van der Waals surface area contributed by atoms with Crippen LogP contribution in [0.15, 0.2) is 85.3 Å². The fourth-order valence-corrected chi connectivity index (χ4v) is 4.27. The summed E-state index contributed by atoms with van der Waals surface area (Å²) < 4.78 is 14.7. The Balaban J connectivity index is 1.39. The molecule has 0 aliphatic carbocycles. The van der Waals surface area contributed by atoms with Gasteiger partial charge in [-0.05, 0) is 61.9 Å². The Morgan fingerprint density at radius 1 is 1.08 bits per heavy atom. The van der Waals surface area contributed by atoms with Crippen LogP contribution < -0.4 is 20.9 Å². The molecule has 3 N–H and O–H groups in total. The number of nitrogens with zero attached hydrogens (tertiary/aromatic N) is 4. The number of anilines is 3. The van der Waals surface area contributed by atoms with Crippen LogP contribution >= 0.6 is 0 Å². The third-order valence-electron chi connectivity index (χ3n) is 6.26. The molecular formula is C28H28FN7O. The second kappa shape index (κ2) is 11.2. The SMILES string of the molecule is Cc1ccccc1N(C(=O)Nc1ccc(C(F)NC2CCNC2)cc1)c1nccc(-c2cccnc2)n1. The van der Waals surface area contributed by atoms with E-state index in [-0.39, 0.29) is 12.0 Å². The van der Waals surface area contributed by atoms with Crippen LogP contribution in [0.25, 0.3) is 11.3 Å². The molecule has 2 unspecified atom stereocenters. The molecule has 1 aliphatic heterocycles. The smallest absolute Gasteiger partial charge is 0.315 e. The third kappa shape index (κ3) is 5.79. The van der Waals surface area contributed by atoms with Crippen LogP contribution in [-0.2, 0) is 0 Å². The number of benzene rings is 2. The van der Waals surface area contributed by atoms with Gasteiger partial charge in [0.1, 0.15) is 0 Å². The molecule has 3 heterocycles. The summed E-state index contributed by atoms with van der Waals surface area (Å²) in [4.78, 5) is 28.3. The van der Waals surface area contributed by atoms with Gasteiger partial charge in [0.15, 0.2) is 6.30 Å². The predicted molar refractivity (Wildman–Crippen MR) is 142 cm³/mol. The number of aryl methyl sites for hydroxylation is 1. The van der Waals surface area contributed by atoms with Crippen LogP contribution in [0.2, 0.25) is 0 Å². The van der Waals surface area contributed by atoms with Gasteiger partial charge in [0.05, 0.1) is 11.4 Å². The third-order valence-corrected chi connectivity index (χ3v) is 6.26. The summed E-state index contributed by atoms with van der Waals surface area (Å²) in [5.41, 5.74) is 4.04. The summed E-state index contributed by atoms with van der Waals surface area (Å²) in [6.45, 7) is 3.57. The number of pyridine rings is 1. The number of carbonyl (C=O) groups excluding carboxylic acids is 1. The highest BCUT2D eigenvalue weighted by Crippen LogP contribution is 2.29. The van der Waals surface area contributed by atoms with Crippen molar-refractivity contribution in [2.24, 2.45) is 0 Å². The molecule has 2 amide bonds. The van der Waals surface area contributed by atoms with Gasteiger partial charge < -0.3 is 10.6 Å². The summed E-state index contributed by atoms with van der Waals surface area (Å²) in [5, 5.41) is 9.12. The Morgan fingerprint density at radius 2 is 1.92 bits per heavy atom. The Bertz CT molecular complexity index is 1340. The van der Waals surface area contributed by atoms with Gasteiger partial charge in [0.25, 0.3) is 0 Å². The summed E-state index contributed by atoms with van der Waals surface area (Å²) >= 11 is 0. The molecule has 4 aromatic rings. The number of aromatic nitrogens is 3. The molecular weight excluding hydrogens is 469 g/mol. The van der Waals surface area contributed by atoms with E-state index in [1.807, 2.05) is 43.3 Å². The average molecular weight is 498 g/mol. The van der Waals surface area contributed by atoms with E-state index in [9.17, 15) is 9.18 Å². The molecule has 2 aromatic carbocycles. The van der Waals surface area contributed by atoms with Crippen LogP contribution in [0.3, 0.4) is 0 Å². The van der Waals surface area contributed by atoms with Gasteiger partial charge in [-0.1, -0.05) is 30.3 Å². The zero-order valence-electron chi connectivity index (χ0n) is 20.4. The van der Waals surface area contributed by atoms with Gasteiger partial charge >= 0.3 is 6.03 Å². The van der Waals surface area contributed by atoms with Crippen molar-refractivity contribution in [2.45, 2.75) is 25.7 Å². The van der Waals surface area contributed by atoms with Crippen molar-refractivity contribution >= 4 is 23.4 Å². The van der Waals surface area contributed by atoms with Crippen molar-refractivity contribution in [2.75, 3.05) is 23.3 Å². The lowest BCUT2D eigenvalue weighted by Crippen LogP contribution is -2.33. The maximum atomic E-state index is 14.7. The van der Waals surface area contributed by atoms with Crippen molar-refractivity contribution in [3.63, 3.8) is 0 Å².